The molecule has 3 aromatic rings. The summed E-state index contributed by atoms with van der Waals surface area (Å²) in [5.74, 6) is -3.17. The molecule has 0 saturated heterocycles. The molecule has 0 radical (unpaired) electrons. The third-order valence-corrected chi connectivity index (χ3v) is 7.67. The van der Waals surface area contributed by atoms with E-state index in [1.54, 1.807) is 12.1 Å². The third-order valence-electron chi connectivity index (χ3n) is 5.63. The van der Waals surface area contributed by atoms with Gasteiger partial charge >= 0.3 is 12.1 Å². The molecule has 1 aromatic carbocycles. The van der Waals surface area contributed by atoms with Gasteiger partial charge in [0.2, 0.25) is 5.76 Å². The van der Waals surface area contributed by atoms with E-state index in [9.17, 15) is 31.8 Å². The average molecular weight is 517 g/mol. The van der Waals surface area contributed by atoms with Gasteiger partial charge in [0.05, 0.1) is 4.88 Å². The molecule has 182 valence electrons. The van der Waals surface area contributed by atoms with Gasteiger partial charge < -0.3 is 14.7 Å². The highest BCUT2D eigenvalue weighted by Gasteiger charge is 2.67. The van der Waals surface area contributed by atoms with Crippen molar-refractivity contribution in [3.63, 3.8) is 0 Å². The van der Waals surface area contributed by atoms with Crippen LogP contribution in [0.5, 0.6) is 0 Å². The number of thiophene rings is 1. The lowest BCUT2D eigenvalue weighted by Gasteiger charge is -2.26. The zero-order valence-electron chi connectivity index (χ0n) is 17.4. The van der Waals surface area contributed by atoms with Crippen LogP contribution in [0.4, 0.5) is 18.2 Å². The highest BCUT2D eigenvalue weighted by molar-refractivity contribution is 7.81. The van der Waals surface area contributed by atoms with Gasteiger partial charge in [-0.1, -0.05) is 29.4 Å². The molecule has 2 aromatic heterocycles. The van der Waals surface area contributed by atoms with Crippen LogP contribution in [-0.2, 0) is 28.7 Å². The Morgan fingerprint density at radius 1 is 1.29 bits per heavy atom. The number of carboxylic acids is 1. The van der Waals surface area contributed by atoms with Gasteiger partial charge in [-0.2, -0.15) is 13.2 Å². The van der Waals surface area contributed by atoms with Gasteiger partial charge in [-0.05, 0) is 42.5 Å². The molecule has 4 rings (SSSR count). The number of anilines is 1. The van der Waals surface area contributed by atoms with Gasteiger partial charge in [0.15, 0.2) is 5.54 Å². The normalized spacial score (nSPS) is 20.8. The SMILES string of the molecule is O=C(O)C1(N(c2ccc(-c3cc(C(F)(F)F)on3)s2)S(=O)O)CC1c1cccc(CCCO)c1. The number of rotatable bonds is 9. The van der Waals surface area contributed by atoms with Crippen molar-refractivity contribution in [1.82, 2.24) is 5.16 Å². The fourth-order valence-electron chi connectivity index (χ4n) is 3.95. The number of aliphatic hydroxyl groups excluding tert-OH is 1. The molecule has 3 unspecified atom stereocenters. The lowest BCUT2D eigenvalue weighted by molar-refractivity contribution is -0.155. The zero-order valence-corrected chi connectivity index (χ0v) is 19.0. The molecule has 2 heterocycles. The number of alkyl halides is 3. The summed E-state index contributed by atoms with van der Waals surface area (Å²) in [6.45, 7) is 0.0146. The molecule has 34 heavy (non-hydrogen) atoms. The number of aliphatic hydroxyl groups is 1. The first-order valence-electron chi connectivity index (χ1n) is 10.1. The van der Waals surface area contributed by atoms with Crippen molar-refractivity contribution in [3.05, 3.63) is 59.4 Å². The molecule has 0 aliphatic heterocycles. The maximum Gasteiger partial charge on any atom is 0.452 e. The molecule has 0 spiro atoms. The Hall–Kier alpha value is -2.74. The van der Waals surface area contributed by atoms with E-state index in [2.05, 4.69) is 9.68 Å². The molecule has 13 heteroatoms. The predicted molar refractivity (Wildman–Crippen MR) is 118 cm³/mol. The Balaban J connectivity index is 1.66. The number of carbonyl (C=O) groups is 1. The Morgan fingerprint density at radius 2 is 2.06 bits per heavy atom. The monoisotopic (exact) mass is 516 g/mol. The van der Waals surface area contributed by atoms with E-state index in [4.69, 9.17) is 5.11 Å². The number of nitrogens with zero attached hydrogens (tertiary/aromatic N) is 2. The second-order valence-electron chi connectivity index (χ2n) is 7.80. The molecule has 1 saturated carbocycles. The number of benzene rings is 1. The van der Waals surface area contributed by atoms with E-state index in [1.165, 1.54) is 12.1 Å². The minimum absolute atomic E-state index is 0.0146. The topological polar surface area (TPSA) is 124 Å². The number of halogens is 3. The number of aryl methyl sites for hydroxylation is 1. The van der Waals surface area contributed by atoms with Crippen LogP contribution in [0.1, 0.15) is 35.6 Å². The van der Waals surface area contributed by atoms with Gasteiger partial charge in [-0.15, -0.1) is 11.3 Å². The number of hydrogen-bond acceptors (Lipinski definition) is 6. The number of hydrogen-bond donors (Lipinski definition) is 3. The van der Waals surface area contributed by atoms with Gasteiger partial charge in [0.1, 0.15) is 10.7 Å². The summed E-state index contributed by atoms with van der Waals surface area (Å²) in [7, 11) is 0. The fraction of sp³-hybridized carbons (Fsp3) is 0.333. The molecular weight excluding hydrogens is 497 g/mol. The van der Waals surface area contributed by atoms with Crippen LogP contribution in [0.3, 0.4) is 0 Å². The van der Waals surface area contributed by atoms with Crippen molar-refractivity contribution in [2.45, 2.75) is 36.9 Å². The van der Waals surface area contributed by atoms with Gasteiger partial charge in [-0.25, -0.2) is 13.3 Å². The van der Waals surface area contributed by atoms with Crippen LogP contribution in [0.2, 0.25) is 0 Å². The maximum absolute atomic E-state index is 12.8. The molecule has 1 aliphatic rings. The minimum atomic E-state index is -4.72. The van der Waals surface area contributed by atoms with Gasteiger partial charge in [0, 0.05) is 18.6 Å². The molecule has 0 bridgehead atoms. The summed E-state index contributed by atoms with van der Waals surface area (Å²) >= 11 is -1.90. The first kappa shape index (κ1) is 24.4. The smallest absolute Gasteiger partial charge is 0.452 e. The molecule has 1 fully saturated rings. The zero-order chi connectivity index (χ0) is 24.7. The van der Waals surface area contributed by atoms with Crippen LogP contribution in [0, 0.1) is 0 Å². The first-order valence-corrected chi connectivity index (χ1v) is 11.9. The van der Waals surface area contributed by atoms with E-state index in [0.717, 1.165) is 21.2 Å². The first-order chi connectivity index (χ1) is 16.1. The maximum atomic E-state index is 12.8. The van der Waals surface area contributed by atoms with Crippen molar-refractivity contribution in [2.24, 2.45) is 0 Å². The Bertz CT molecular complexity index is 1230. The predicted octanol–water partition coefficient (Wildman–Crippen LogP) is 4.30. The second-order valence-corrected chi connectivity index (χ2v) is 9.68. The highest BCUT2D eigenvalue weighted by Crippen LogP contribution is 2.58. The van der Waals surface area contributed by atoms with E-state index in [-0.39, 0.29) is 28.6 Å². The van der Waals surface area contributed by atoms with Crippen molar-refractivity contribution in [2.75, 3.05) is 10.9 Å². The standard InChI is InChI=1S/C21H19F3N2O6S2/c22-21(23,24)17-10-15(25-32-17)16-6-7-18(33-16)26(34(30)31)20(19(28)29)11-14(20)13-5-1-3-12(9-13)4-2-8-27/h1,3,5-7,9-10,14,27H,2,4,8,11H2,(H,28,29)(H,30,31). The molecule has 3 atom stereocenters. The summed E-state index contributed by atoms with van der Waals surface area (Å²) < 4.78 is 66.0. The average Bonchev–Trinajstić information content (AvgIpc) is 3.11. The van der Waals surface area contributed by atoms with Crippen molar-refractivity contribution >= 4 is 33.6 Å². The summed E-state index contributed by atoms with van der Waals surface area (Å²) in [6.07, 6.45) is -3.52. The fourth-order valence-corrected chi connectivity index (χ4v) is 5.97. The second kappa shape index (κ2) is 9.13. The number of aromatic nitrogens is 1. The molecule has 8 nitrogen and oxygen atoms in total. The Labute approximate surface area is 198 Å². The minimum Gasteiger partial charge on any atom is -0.479 e. The van der Waals surface area contributed by atoms with Crippen molar-refractivity contribution in [3.8, 4) is 10.6 Å². The molecular formula is C21H19F3N2O6S2. The Kier molecular flexibility index (Phi) is 6.55. The van der Waals surface area contributed by atoms with Crippen LogP contribution in [-0.4, -0.2) is 42.2 Å². The summed E-state index contributed by atoms with van der Waals surface area (Å²) in [4.78, 5) is 12.6. The molecule has 0 amide bonds. The van der Waals surface area contributed by atoms with E-state index in [1.807, 2.05) is 12.1 Å². The van der Waals surface area contributed by atoms with Gasteiger partial charge in [-0.3, -0.25) is 4.55 Å². The lowest BCUT2D eigenvalue weighted by atomic mass is 10.0. The Morgan fingerprint density at radius 3 is 2.68 bits per heavy atom. The summed E-state index contributed by atoms with van der Waals surface area (Å²) in [5, 5.41) is 22.6. The van der Waals surface area contributed by atoms with E-state index < -0.39 is 40.6 Å². The summed E-state index contributed by atoms with van der Waals surface area (Å²) in [6, 6.07) is 10.6. The lowest BCUT2D eigenvalue weighted by Crippen LogP contribution is -2.45. The van der Waals surface area contributed by atoms with E-state index in [0.29, 0.717) is 24.5 Å². The molecule has 1 aliphatic carbocycles. The number of carboxylic acid groups (broad SMARTS) is 1. The summed E-state index contributed by atoms with van der Waals surface area (Å²) in [5.41, 5.74) is -0.255. The highest BCUT2D eigenvalue weighted by atomic mass is 32.2. The largest absolute Gasteiger partial charge is 0.479 e. The van der Waals surface area contributed by atoms with Crippen LogP contribution < -0.4 is 4.31 Å². The van der Waals surface area contributed by atoms with E-state index >= 15 is 0 Å². The number of aliphatic carboxylic acids is 1. The molecule has 3 N–H and O–H groups in total. The van der Waals surface area contributed by atoms with Crippen LogP contribution in [0.15, 0.2) is 47.0 Å². The van der Waals surface area contributed by atoms with Crippen LogP contribution in [0.25, 0.3) is 10.6 Å². The van der Waals surface area contributed by atoms with Crippen LogP contribution >= 0.6 is 11.3 Å². The quantitative estimate of drug-likeness (QED) is 0.362. The third kappa shape index (κ3) is 4.48. The van der Waals surface area contributed by atoms with Gasteiger partial charge in [0.25, 0.3) is 11.3 Å². The van der Waals surface area contributed by atoms with Crippen molar-refractivity contribution in [1.29, 1.82) is 0 Å². The van der Waals surface area contributed by atoms with Crippen molar-refractivity contribution < 1.29 is 41.5 Å².